The summed E-state index contributed by atoms with van der Waals surface area (Å²) in [4.78, 5) is 2.40. The molecule has 15 heavy (non-hydrogen) atoms. The van der Waals surface area contributed by atoms with Gasteiger partial charge in [-0.1, -0.05) is 19.1 Å². The maximum absolute atomic E-state index is 9.67. The highest BCUT2D eigenvalue weighted by Gasteiger charge is 2.12. The van der Waals surface area contributed by atoms with Crippen LogP contribution in [0.1, 0.15) is 37.9 Å². The fourth-order valence-corrected chi connectivity index (χ4v) is 2.12. The van der Waals surface area contributed by atoms with Crippen molar-refractivity contribution >= 4 is 5.69 Å². The first-order valence-electron chi connectivity index (χ1n) is 5.84. The Kier molecular flexibility index (Phi) is 3.27. The predicted molar refractivity (Wildman–Crippen MR) is 63.1 cm³/mol. The third kappa shape index (κ3) is 2.32. The highest BCUT2D eigenvalue weighted by atomic mass is 16.3. The fourth-order valence-electron chi connectivity index (χ4n) is 2.12. The van der Waals surface area contributed by atoms with Crippen LogP contribution < -0.4 is 4.90 Å². The molecule has 0 amide bonds. The molecule has 1 fully saturated rings. The Morgan fingerprint density at radius 2 is 1.80 bits per heavy atom. The zero-order chi connectivity index (χ0) is 10.7. The van der Waals surface area contributed by atoms with Crippen LogP contribution in [-0.2, 0) is 0 Å². The molecular weight excluding hydrogens is 186 g/mol. The fraction of sp³-hybridized carbons (Fsp3) is 0.538. The molecule has 1 aromatic rings. The summed E-state index contributed by atoms with van der Waals surface area (Å²) < 4.78 is 0. The number of aliphatic hydroxyl groups is 1. The van der Waals surface area contributed by atoms with Gasteiger partial charge in [-0.05, 0) is 37.0 Å². The van der Waals surface area contributed by atoms with Crippen molar-refractivity contribution in [3.05, 3.63) is 29.8 Å². The lowest BCUT2D eigenvalue weighted by Gasteiger charge is -2.18. The third-order valence-corrected chi connectivity index (χ3v) is 3.14. The second kappa shape index (κ2) is 4.67. The van der Waals surface area contributed by atoms with E-state index < -0.39 is 0 Å². The van der Waals surface area contributed by atoms with Gasteiger partial charge in [0.25, 0.3) is 0 Å². The van der Waals surface area contributed by atoms with E-state index in [0.717, 1.165) is 12.0 Å². The van der Waals surface area contributed by atoms with E-state index in [2.05, 4.69) is 17.0 Å². The third-order valence-electron chi connectivity index (χ3n) is 3.14. The van der Waals surface area contributed by atoms with Crippen LogP contribution in [0.4, 0.5) is 5.69 Å². The summed E-state index contributed by atoms with van der Waals surface area (Å²) in [5.74, 6) is 0. The molecule has 2 heteroatoms. The standard InChI is InChI=1S/C13H19NO/c1-2-13(15)11-5-7-12(8-6-11)14-9-3-4-10-14/h5-8,13,15H,2-4,9-10H2,1H3. The first kappa shape index (κ1) is 10.5. The number of rotatable bonds is 3. The number of benzene rings is 1. The molecule has 82 valence electrons. The predicted octanol–water partition coefficient (Wildman–Crippen LogP) is 2.73. The van der Waals surface area contributed by atoms with E-state index in [4.69, 9.17) is 0 Å². The quantitative estimate of drug-likeness (QED) is 0.820. The summed E-state index contributed by atoms with van der Waals surface area (Å²) in [7, 11) is 0. The van der Waals surface area contributed by atoms with Gasteiger partial charge in [-0.25, -0.2) is 0 Å². The molecule has 1 aliphatic rings. The molecule has 1 heterocycles. The van der Waals surface area contributed by atoms with Crippen LogP contribution >= 0.6 is 0 Å². The molecule has 0 spiro atoms. The Hall–Kier alpha value is -1.02. The van der Waals surface area contributed by atoms with E-state index in [1.807, 2.05) is 19.1 Å². The molecule has 0 aromatic heterocycles. The zero-order valence-electron chi connectivity index (χ0n) is 9.32. The van der Waals surface area contributed by atoms with Gasteiger partial charge in [0.05, 0.1) is 6.10 Å². The molecule has 2 nitrogen and oxygen atoms in total. The monoisotopic (exact) mass is 205 g/mol. The van der Waals surface area contributed by atoms with E-state index in [1.54, 1.807) is 0 Å². The molecule has 1 unspecified atom stereocenters. The molecule has 0 saturated carbocycles. The number of hydrogen-bond acceptors (Lipinski definition) is 2. The van der Waals surface area contributed by atoms with Crippen molar-refractivity contribution in [1.29, 1.82) is 0 Å². The summed E-state index contributed by atoms with van der Waals surface area (Å²) in [6.45, 7) is 4.35. The average Bonchev–Trinajstić information content (AvgIpc) is 2.82. The lowest BCUT2D eigenvalue weighted by Crippen LogP contribution is -2.17. The maximum atomic E-state index is 9.67. The minimum Gasteiger partial charge on any atom is -0.388 e. The first-order chi connectivity index (χ1) is 7.31. The molecule has 1 atom stereocenters. The van der Waals surface area contributed by atoms with Gasteiger partial charge in [0, 0.05) is 18.8 Å². The van der Waals surface area contributed by atoms with Gasteiger partial charge in [-0.2, -0.15) is 0 Å². The van der Waals surface area contributed by atoms with Crippen LogP contribution in [0.25, 0.3) is 0 Å². The second-order valence-corrected chi connectivity index (χ2v) is 4.21. The molecule has 2 rings (SSSR count). The number of hydrogen-bond donors (Lipinski definition) is 1. The molecular formula is C13H19NO. The minimum absolute atomic E-state index is 0.308. The smallest absolute Gasteiger partial charge is 0.0787 e. The lowest BCUT2D eigenvalue weighted by molar-refractivity contribution is 0.173. The Morgan fingerprint density at radius 1 is 1.20 bits per heavy atom. The highest BCUT2D eigenvalue weighted by molar-refractivity contribution is 5.48. The number of anilines is 1. The van der Waals surface area contributed by atoms with Gasteiger partial charge >= 0.3 is 0 Å². The van der Waals surface area contributed by atoms with E-state index in [9.17, 15) is 5.11 Å². The van der Waals surface area contributed by atoms with Crippen LogP contribution in [0.2, 0.25) is 0 Å². The summed E-state index contributed by atoms with van der Waals surface area (Å²) >= 11 is 0. The molecule has 0 bridgehead atoms. The average molecular weight is 205 g/mol. The van der Waals surface area contributed by atoms with E-state index >= 15 is 0 Å². The molecule has 0 radical (unpaired) electrons. The second-order valence-electron chi connectivity index (χ2n) is 4.21. The van der Waals surface area contributed by atoms with Crippen molar-refractivity contribution in [2.24, 2.45) is 0 Å². The molecule has 1 aliphatic heterocycles. The highest BCUT2D eigenvalue weighted by Crippen LogP contribution is 2.23. The molecule has 1 saturated heterocycles. The summed E-state index contributed by atoms with van der Waals surface area (Å²) in [5.41, 5.74) is 2.32. The van der Waals surface area contributed by atoms with Gasteiger partial charge < -0.3 is 10.0 Å². The number of nitrogens with zero attached hydrogens (tertiary/aromatic N) is 1. The van der Waals surface area contributed by atoms with Crippen molar-refractivity contribution in [2.45, 2.75) is 32.3 Å². The van der Waals surface area contributed by atoms with E-state index in [1.165, 1.54) is 31.6 Å². The van der Waals surface area contributed by atoms with Gasteiger partial charge in [-0.15, -0.1) is 0 Å². The Bertz CT molecular complexity index is 301. The lowest BCUT2D eigenvalue weighted by atomic mass is 10.1. The normalized spacial score (nSPS) is 18.1. The minimum atomic E-state index is -0.308. The van der Waals surface area contributed by atoms with Crippen LogP contribution in [0.5, 0.6) is 0 Å². The Labute approximate surface area is 91.5 Å². The van der Waals surface area contributed by atoms with Crippen LogP contribution in [0, 0.1) is 0 Å². The maximum Gasteiger partial charge on any atom is 0.0787 e. The van der Waals surface area contributed by atoms with Crippen LogP contribution in [0.3, 0.4) is 0 Å². The molecule has 0 aliphatic carbocycles. The van der Waals surface area contributed by atoms with Gasteiger partial charge in [0.2, 0.25) is 0 Å². The van der Waals surface area contributed by atoms with Crippen molar-refractivity contribution in [3.63, 3.8) is 0 Å². The van der Waals surface area contributed by atoms with Crippen molar-refractivity contribution in [1.82, 2.24) is 0 Å². The van der Waals surface area contributed by atoms with Gasteiger partial charge in [0.1, 0.15) is 0 Å². The summed E-state index contributed by atoms with van der Waals surface area (Å²) in [6, 6.07) is 8.34. The van der Waals surface area contributed by atoms with Crippen LogP contribution in [-0.4, -0.2) is 18.2 Å². The van der Waals surface area contributed by atoms with E-state index in [-0.39, 0.29) is 6.10 Å². The van der Waals surface area contributed by atoms with Crippen molar-refractivity contribution < 1.29 is 5.11 Å². The van der Waals surface area contributed by atoms with Gasteiger partial charge in [0.15, 0.2) is 0 Å². The van der Waals surface area contributed by atoms with Crippen molar-refractivity contribution in [3.8, 4) is 0 Å². The SMILES string of the molecule is CCC(O)c1ccc(N2CCCC2)cc1. The van der Waals surface area contributed by atoms with Crippen molar-refractivity contribution in [2.75, 3.05) is 18.0 Å². The van der Waals surface area contributed by atoms with Crippen LogP contribution in [0.15, 0.2) is 24.3 Å². The summed E-state index contributed by atoms with van der Waals surface area (Å²) in [5, 5.41) is 9.67. The van der Waals surface area contributed by atoms with E-state index in [0.29, 0.717) is 0 Å². The molecule has 1 aromatic carbocycles. The Morgan fingerprint density at radius 3 is 2.33 bits per heavy atom. The largest absolute Gasteiger partial charge is 0.388 e. The Balaban J connectivity index is 2.09. The zero-order valence-corrected chi connectivity index (χ0v) is 9.32. The topological polar surface area (TPSA) is 23.5 Å². The molecule has 1 N–H and O–H groups in total. The first-order valence-corrected chi connectivity index (χ1v) is 5.84. The van der Waals surface area contributed by atoms with Gasteiger partial charge in [-0.3, -0.25) is 0 Å². The number of aliphatic hydroxyl groups excluding tert-OH is 1. The summed E-state index contributed by atoms with van der Waals surface area (Å²) in [6.07, 6.45) is 3.08.